The maximum atomic E-state index is 12.6. The smallest absolute Gasteiger partial charge is 0.318 e. The van der Waals surface area contributed by atoms with Gasteiger partial charge in [0.1, 0.15) is 6.54 Å². The molecule has 1 heterocycles. The topological polar surface area (TPSA) is 104 Å². The van der Waals surface area contributed by atoms with Crippen LogP contribution in [0.3, 0.4) is 0 Å². The lowest BCUT2D eigenvalue weighted by atomic mass is 9.96. The number of carbonyl (C=O) groups excluding carboxylic acids is 1. The SMILES string of the molecule is CS(=O)(=O)N(CC(=O)O)CC1CN(C(=O)CC2CCCCCC2)CCO1. The predicted molar refractivity (Wildman–Crippen MR) is 96.2 cm³/mol. The maximum Gasteiger partial charge on any atom is 0.318 e. The molecule has 1 amide bonds. The van der Waals surface area contributed by atoms with Gasteiger partial charge in [-0.05, 0) is 18.8 Å². The van der Waals surface area contributed by atoms with Crippen molar-refractivity contribution in [1.82, 2.24) is 9.21 Å². The van der Waals surface area contributed by atoms with Crippen molar-refractivity contribution in [2.45, 2.75) is 51.0 Å². The summed E-state index contributed by atoms with van der Waals surface area (Å²) in [7, 11) is -3.65. The molecule has 9 heteroatoms. The van der Waals surface area contributed by atoms with Crippen molar-refractivity contribution in [2.24, 2.45) is 5.92 Å². The lowest BCUT2D eigenvalue weighted by Crippen LogP contribution is -2.51. The van der Waals surface area contributed by atoms with Gasteiger partial charge in [0.15, 0.2) is 0 Å². The fourth-order valence-electron chi connectivity index (χ4n) is 3.70. The molecule has 26 heavy (non-hydrogen) atoms. The van der Waals surface area contributed by atoms with Crippen LogP contribution in [-0.2, 0) is 24.3 Å². The van der Waals surface area contributed by atoms with E-state index in [2.05, 4.69) is 0 Å². The van der Waals surface area contributed by atoms with Crippen LogP contribution in [0.1, 0.15) is 44.9 Å². The Morgan fingerprint density at radius 3 is 2.42 bits per heavy atom. The summed E-state index contributed by atoms with van der Waals surface area (Å²) in [4.78, 5) is 25.3. The average Bonchev–Trinajstić information content (AvgIpc) is 2.82. The quantitative estimate of drug-likeness (QED) is 0.648. The second kappa shape index (κ2) is 9.66. The molecule has 150 valence electrons. The van der Waals surface area contributed by atoms with Crippen molar-refractivity contribution in [3.05, 3.63) is 0 Å². The van der Waals surface area contributed by atoms with Crippen LogP contribution >= 0.6 is 0 Å². The average molecular weight is 391 g/mol. The summed E-state index contributed by atoms with van der Waals surface area (Å²) >= 11 is 0. The molecular weight excluding hydrogens is 360 g/mol. The van der Waals surface area contributed by atoms with Crippen molar-refractivity contribution in [1.29, 1.82) is 0 Å². The number of aliphatic carboxylic acids is 1. The number of hydrogen-bond donors (Lipinski definition) is 1. The summed E-state index contributed by atoms with van der Waals surface area (Å²) < 4.78 is 30.0. The summed E-state index contributed by atoms with van der Waals surface area (Å²) in [5, 5.41) is 8.91. The van der Waals surface area contributed by atoms with Crippen molar-refractivity contribution in [3.8, 4) is 0 Å². The highest BCUT2D eigenvalue weighted by Crippen LogP contribution is 2.26. The number of carboxylic acids is 1. The molecule has 1 saturated carbocycles. The van der Waals surface area contributed by atoms with E-state index in [-0.39, 0.29) is 12.5 Å². The predicted octanol–water partition coefficient (Wildman–Crippen LogP) is 0.921. The number of amides is 1. The third-order valence-electron chi connectivity index (χ3n) is 5.12. The molecule has 0 bridgehead atoms. The Labute approximate surface area is 155 Å². The van der Waals surface area contributed by atoms with Gasteiger partial charge in [0.2, 0.25) is 15.9 Å². The molecule has 0 aromatic rings. The van der Waals surface area contributed by atoms with Gasteiger partial charge in [0.25, 0.3) is 0 Å². The van der Waals surface area contributed by atoms with Crippen molar-refractivity contribution in [3.63, 3.8) is 0 Å². The zero-order valence-corrected chi connectivity index (χ0v) is 16.2. The largest absolute Gasteiger partial charge is 0.480 e. The Hall–Kier alpha value is -1.19. The first-order valence-corrected chi connectivity index (χ1v) is 11.2. The molecule has 1 N–H and O–H groups in total. The number of carbonyl (C=O) groups is 2. The molecule has 0 aromatic heterocycles. The summed E-state index contributed by atoms with van der Waals surface area (Å²) in [6.07, 6.45) is 8.07. The van der Waals surface area contributed by atoms with Crippen LogP contribution in [0, 0.1) is 5.92 Å². The standard InChI is InChI=1S/C17H30N2O6S/c1-26(23,24)19(13-17(21)22)12-15-11-18(8-9-25-15)16(20)10-14-6-4-2-3-5-7-14/h14-15H,2-13H2,1H3,(H,21,22). The van der Waals surface area contributed by atoms with Gasteiger partial charge in [0, 0.05) is 26.1 Å². The van der Waals surface area contributed by atoms with Crippen LogP contribution < -0.4 is 0 Å². The Bertz CT molecular complexity index is 586. The number of carboxylic acid groups (broad SMARTS) is 1. The minimum absolute atomic E-state index is 0.0572. The molecule has 1 atom stereocenters. The minimum atomic E-state index is -3.65. The second-order valence-electron chi connectivity index (χ2n) is 7.34. The number of rotatable bonds is 7. The molecule has 1 aliphatic carbocycles. The molecule has 0 aromatic carbocycles. The minimum Gasteiger partial charge on any atom is -0.480 e. The van der Waals surface area contributed by atoms with Gasteiger partial charge in [-0.1, -0.05) is 25.7 Å². The van der Waals surface area contributed by atoms with E-state index in [0.29, 0.717) is 32.0 Å². The van der Waals surface area contributed by atoms with Crippen molar-refractivity contribution >= 4 is 21.9 Å². The van der Waals surface area contributed by atoms with Crippen LogP contribution in [0.5, 0.6) is 0 Å². The van der Waals surface area contributed by atoms with Gasteiger partial charge < -0.3 is 14.7 Å². The van der Waals surface area contributed by atoms with Crippen LogP contribution in [0.4, 0.5) is 0 Å². The third kappa shape index (κ3) is 6.85. The molecule has 8 nitrogen and oxygen atoms in total. The Kier molecular flexibility index (Phi) is 7.85. The van der Waals surface area contributed by atoms with Crippen molar-refractivity contribution < 1.29 is 27.9 Å². The van der Waals surface area contributed by atoms with Crippen LogP contribution in [-0.4, -0.2) is 79.8 Å². The summed E-state index contributed by atoms with van der Waals surface area (Å²) in [6.45, 7) is 0.482. The second-order valence-corrected chi connectivity index (χ2v) is 9.33. The number of hydrogen-bond acceptors (Lipinski definition) is 5. The normalized spacial score (nSPS) is 23.0. The van der Waals surface area contributed by atoms with Gasteiger partial charge in [-0.2, -0.15) is 4.31 Å². The molecule has 0 spiro atoms. The fraction of sp³-hybridized carbons (Fsp3) is 0.882. The molecule has 2 fully saturated rings. The molecule has 0 radical (unpaired) electrons. The molecule has 1 aliphatic heterocycles. The Morgan fingerprint density at radius 2 is 1.85 bits per heavy atom. The maximum absolute atomic E-state index is 12.6. The molecular formula is C17H30N2O6S. The van der Waals surface area contributed by atoms with Crippen molar-refractivity contribution in [2.75, 3.05) is 39.0 Å². The highest BCUT2D eigenvalue weighted by Gasteiger charge is 2.30. The van der Waals surface area contributed by atoms with E-state index >= 15 is 0 Å². The fourth-order valence-corrected chi connectivity index (χ4v) is 4.48. The van der Waals surface area contributed by atoms with Crippen LogP contribution in [0.2, 0.25) is 0 Å². The molecule has 2 rings (SSSR count). The number of morpholine rings is 1. The van der Waals surface area contributed by atoms with E-state index in [9.17, 15) is 18.0 Å². The van der Waals surface area contributed by atoms with Gasteiger partial charge in [-0.25, -0.2) is 8.42 Å². The Morgan fingerprint density at radius 1 is 1.19 bits per heavy atom. The van der Waals surface area contributed by atoms with E-state index in [4.69, 9.17) is 9.84 Å². The van der Waals surface area contributed by atoms with E-state index in [1.165, 1.54) is 25.7 Å². The highest BCUT2D eigenvalue weighted by atomic mass is 32.2. The summed E-state index contributed by atoms with van der Waals surface area (Å²) in [5.74, 6) is -0.687. The first-order chi connectivity index (χ1) is 12.3. The zero-order valence-electron chi connectivity index (χ0n) is 15.4. The molecule has 1 unspecified atom stereocenters. The zero-order chi connectivity index (χ0) is 19.2. The lowest BCUT2D eigenvalue weighted by molar-refractivity contribution is -0.142. The van der Waals surface area contributed by atoms with Gasteiger partial charge in [-0.15, -0.1) is 0 Å². The van der Waals surface area contributed by atoms with Gasteiger partial charge in [-0.3, -0.25) is 9.59 Å². The Balaban J connectivity index is 1.90. The molecule has 2 aliphatic rings. The van der Waals surface area contributed by atoms with Crippen LogP contribution in [0.25, 0.3) is 0 Å². The van der Waals surface area contributed by atoms with E-state index < -0.39 is 28.6 Å². The summed E-state index contributed by atoms with van der Waals surface area (Å²) in [6, 6.07) is 0. The van der Waals surface area contributed by atoms with E-state index in [0.717, 1.165) is 23.4 Å². The van der Waals surface area contributed by atoms with Gasteiger partial charge in [0.05, 0.1) is 19.0 Å². The van der Waals surface area contributed by atoms with Crippen LogP contribution in [0.15, 0.2) is 0 Å². The van der Waals surface area contributed by atoms with Gasteiger partial charge >= 0.3 is 5.97 Å². The number of nitrogens with zero attached hydrogens (tertiary/aromatic N) is 2. The number of sulfonamides is 1. The monoisotopic (exact) mass is 390 g/mol. The first kappa shape index (κ1) is 21.1. The number of ether oxygens (including phenoxy) is 1. The lowest BCUT2D eigenvalue weighted by Gasteiger charge is -2.35. The van der Waals surface area contributed by atoms with E-state index in [1.807, 2.05) is 0 Å². The first-order valence-electron chi connectivity index (χ1n) is 9.32. The third-order valence-corrected chi connectivity index (χ3v) is 6.33. The van der Waals surface area contributed by atoms with E-state index in [1.54, 1.807) is 4.90 Å². The summed E-state index contributed by atoms with van der Waals surface area (Å²) in [5.41, 5.74) is 0. The molecule has 1 saturated heterocycles. The highest BCUT2D eigenvalue weighted by molar-refractivity contribution is 7.88.